The van der Waals surface area contributed by atoms with Crippen LogP contribution in [0, 0.1) is 6.92 Å². The summed E-state index contributed by atoms with van der Waals surface area (Å²) in [6.07, 6.45) is 6.82. The second-order valence-corrected chi connectivity index (χ2v) is 5.94. The Balaban J connectivity index is 1.64. The minimum Gasteiger partial charge on any atom is -0.478 e. The van der Waals surface area contributed by atoms with Gasteiger partial charge in [0.25, 0.3) is 0 Å². The zero-order chi connectivity index (χ0) is 14.8. The van der Waals surface area contributed by atoms with Gasteiger partial charge in [-0.05, 0) is 19.8 Å². The van der Waals surface area contributed by atoms with E-state index in [2.05, 4.69) is 19.8 Å². The van der Waals surface area contributed by atoms with Crippen LogP contribution in [0.2, 0.25) is 0 Å². The molecule has 6 heteroatoms. The molecule has 1 aliphatic heterocycles. The van der Waals surface area contributed by atoms with Crippen molar-refractivity contribution >= 4 is 11.9 Å². The van der Waals surface area contributed by atoms with Gasteiger partial charge in [0.15, 0.2) is 0 Å². The van der Waals surface area contributed by atoms with Crippen LogP contribution in [0.5, 0.6) is 0 Å². The van der Waals surface area contributed by atoms with Gasteiger partial charge in [-0.1, -0.05) is 12.8 Å². The predicted octanol–water partition coefficient (Wildman–Crippen LogP) is 1.55. The average Bonchev–Trinajstić information content (AvgIpc) is 3.01. The van der Waals surface area contributed by atoms with Crippen LogP contribution >= 0.6 is 0 Å². The first-order chi connectivity index (χ1) is 10.1. The van der Waals surface area contributed by atoms with Crippen LogP contribution in [-0.2, 0) is 0 Å². The van der Waals surface area contributed by atoms with Crippen molar-refractivity contribution in [1.29, 1.82) is 0 Å². The van der Waals surface area contributed by atoms with Crippen molar-refractivity contribution in [1.82, 2.24) is 14.9 Å². The van der Waals surface area contributed by atoms with E-state index in [9.17, 15) is 4.79 Å². The van der Waals surface area contributed by atoms with Crippen LogP contribution in [0.4, 0.5) is 5.95 Å². The fourth-order valence-electron chi connectivity index (χ4n) is 3.37. The van der Waals surface area contributed by atoms with Gasteiger partial charge in [0.1, 0.15) is 0 Å². The molecular formula is C15H22N4O2. The Hall–Kier alpha value is -1.69. The van der Waals surface area contributed by atoms with E-state index >= 15 is 0 Å². The number of aromatic carboxylic acids is 1. The molecule has 2 aliphatic rings. The van der Waals surface area contributed by atoms with E-state index < -0.39 is 5.97 Å². The first-order valence-corrected chi connectivity index (χ1v) is 7.71. The molecule has 1 N–H and O–H groups in total. The van der Waals surface area contributed by atoms with Crippen LogP contribution in [0.3, 0.4) is 0 Å². The number of anilines is 1. The quantitative estimate of drug-likeness (QED) is 0.911. The lowest BCUT2D eigenvalue weighted by Gasteiger charge is -2.38. The monoisotopic (exact) mass is 290 g/mol. The minimum absolute atomic E-state index is 0.184. The highest BCUT2D eigenvalue weighted by Gasteiger charge is 2.27. The van der Waals surface area contributed by atoms with Crippen LogP contribution in [0.25, 0.3) is 0 Å². The summed E-state index contributed by atoms with van der Waals surface area (Å²) in [6.45, 7) is 5.66. The Morgan fingerprint density at radius 1 is 1.24 bits per heavy atom. The Kier molecular flexibility index (Phi) is 4.05. The van der Waals surface area contributed by atoms with Gasteiger partial charge in [-0.2, -0.15) is 0 Å². The topological polar surface area (TPSA) is 69.6 Å². The van der Waals surface area contributed by atoms with Gasteiger partial charge in [0.05, 0.1) is 11.3 Å². The zero-order valence-electron chi connectivity index (χ0n) is 12.5. The highest BCUT2D eigenvalue weighted by atomic mass is 16.4. The van der Waals surface area contributed by atoms with Gasteiger partial charge in [-0.15, -0.1) is 0 Å². The van der Waals surface area contributed by atoms with Gasteiger partial charge in [0.2, 0.25) is 5.95 Å². The van der Waals surface area contributed by atoms with Gasteiger partial charge in [0, 0.05) is 38.4 Å². The third kappa shape index (κ3) is 3.00. The van der Waals surface area contributed by atoms with Gasteiger partial charge >= 0.3 is 5.97 Å². The number of carboxylic acids is 1. The molecule has 114 valence electrons. The molecule has 0 aromatic carbocycles. The first-order valence-electron chi connectivity index (χ1n) is 7.71. The van der Waals surface area contributed by atoms with Crippen molar-refractivity contribution in [2.75, 3.05) is 31.1 Å². The average molecular weight is 290 g/mol. The lowest BCUT2D eigenvalue weighted by Crippen LogP contribution is -2.50. The molecule has 2 heterocycles. The zero-order valence-corrected chi connectivity index (χ0v) is 12.5. The number of carbonyl (C=O) groups is 1. The van der Waals surface area contributed by atoms with Crippen molar-refractivity contribution < 1.29 is 9.90 Å². The summed E-state index contributed by atoms with van der Waals surface area (Å²) in [5, 5.41) is 9.02. The standard InChI is InChI=1S/C15H22N4O2/c1-11-13(14(20)21)10-16-15(17-11)19-8-6-18(7-9-19)12-4-2-3-5-12/h10,12H,2-9H2,1H3,(H,20,21). The Bertz CT molecular complexity index is 520. The van der Waals surface area contributed by atoms with Crippen LogP contribution < -0.4 is 4.90 Å². The number of aromatic nitrogens is 2. The smallest absolute Gasteiger partial charge is 0.339 e. The van der Waals surface area contributed by atoms with Crippen molar-refractivity contribution in [3.05, 3.63) is 17.5 Å². The SMILES string of the molecule is Cc1nc(N2CCN(C3CCCC3)CC2)ncc1C(=O)O. The number of nitrogens with zero attached hydrogens (tertiary/aromatic N) is 4. The lowest BCUT2D eigenvalue weighted by molar-refractivity contribution is 0.0695. The number of hydrogen-bond acceptors (Lipinski definition) is 5. The maximum atomic E-state index is 11.0. The summed E-state index contributed by atoms with van der Waals surface area (Å²) in [5.74, 6) is -0.311. The largest absolute Gasteiger partial charge is 0.478 e. The van der Waals surface area contributed by atoms with Crippen molar-refractivity contribution in [2.45, 2.75) is 38.6 Å². The third-order valence-corrected chi connectivity index (χ3v) is 4.64. The highest BCUT2D eigenvalue weighted by molar-refractivity contribution is 5.88. The fraction of sp³-hybridized carbons (Fsp3) is 0.667. The maximum Gasteiger partial charge on any atom is 0.339 e. The second kappa shape index (κ2) is 5.97. The van der Waals surface area contributed by atoms with Gasteiger partial charge < -0.3 is 10.0 Å². The van der Waals surface area contributed by atoms with E-state index in [0.29, 0.717) is 11.6 Å². The van der Waals surface area contributed by atoms with Gasteiger partial charge in [-0.25, -0.2) is 14.8 Å². The van der Waals surface area contributed by atoms with E-state index in [1.807, 2.05) is 0 Å². The molecule has 0 spiro atoms. The summed E-state index contributed by atoms with van der Waals surface area (Å²) < 4.78 is 0. The fourth-order valence-corrected chi connectivity index (χ4v) is 3.37. The van der Waals surface area contributed by atoms with Crippen molar-refractivity contribution in [3.63, 3.8) is 0 Å². The molecule has 3 rings (SSSR count). The molecule has 0 bridgehead atoms. The Morgan fingerprint density at radius 2 is 1.90 bits per heavy atom. The van der Waals surface area contributed by atoms with Crippen LogP contribution in [0.15, 0.2) is 6.20 Å². The van der Waals surface area contributed by atoms with E-state index in [4.69, 9.17) is 5.11 Å². The summed E-state index contributed by atoms with van der Waals surface area (Å²) in [5.41, 5.74) is 0.717. The predicted molar refractivity (Wildman–Crippen MR) is 79.8 cm³/mol. The Labute approximate surface area is 124 Å². The molecule has 2 fully saturated rings. The molecule has 0 radical (unpaired) electrons. The molecule has 1 aromatic heterocycles. The normalized spacial score (nSPS) is 20.9. The third-order valence-electron chi connectivity index (χ3n) is 4.64. The Morgan fingerprint density at radius 3 is 2.48 bits per heavy atom. The second-order valence-electron chi connectivity index (χ2n) is 5.94. The molecule has 0 unspecified atom stereocenters. The van der Waals surface area contributed by atoms with Crippen molar-refractivity contribution in [3.8, 4) is 0 Å². The first kappa shape index (κ1) is 14.3. The molecule has 0 amide bonds. The molecule has 0 atom stereocenters. The highest BCUT2D eigenvalue weighted by Crippen LogP contribution is 2.25. The van der Waals surface area contributed by atoms with E-state index in [0.717, 1.165) is 32.2 Å². The van der Waals surface area contributed by atoms with E-state index in [1.54, 1.807) is 6.92 Å². The summed E-state index contributed by atoms with van der Waals surface area (Å²) in [6, 6.07) is 0.768. The number of piperazine rings is 1. The molecule has 21 heavy (non-hydrogen) atoms. The minimum atomic E-state index is -0.967. The van der Waals surface area contributed by atoms with Crippen molar-refractivity contribution in [2.24, 2.45) is 0 Å². The molecule has 1 saturated heterocycles. The number of rotatable bonds is 3. The molecule has 1 saturated carbocycles. The molecule has 1 aromatic rings. The van der Waals surface area contributed by atoms with E-state index in [1.165, 1.54) is 31.9 Å². The van der Waals surface area contributed by atoms with Gasteiger partial charge in [-0.3, -0.25) is 4.90 Å². The molecule has 1 aliphatic carbocycles. The summed E-state index contributed by atoms with van der Waals surface area (Å²) in [7, 11) is 0. The van der Waals surface area contributed by atoms with Crippen LogP contribution in [0.1, 0.15) is 41.7 Å². The summed E-state index contributed by atoms with van der Waals surface area (Å²) >= 11 is 0. The lowest BCUT2D eigenvalue weighted by atomic mass is 10.2. The summed E-state index contributed by atoms with van der Waals surface area (Å²) in [4.78, 5) is 24.3. The number of carboxylic acid groups (broad SMARTS) is 1. The molecule has 6 nitrogen and oxygen atoms in total. The van der Waals surface area contributed by atoms with Crippen LogP contribution in [-0.4, -0.2) is 58.2 Å². The maximum absolute atomic E-state index is 11.0. The number of aryl methyl sites for hydroxylation is 1. The number of hydrogen-bond donors (Lipinski definition) is 1. The molecular weight excluding hydrogens is 268 g/mol. The van der Waals surface area contributed by atoms with E-state index in [-0.39, 0.29) is 5.56 Å².